The monoisotopic (exact) mass is 497 g/mol. The summed E-state index contributed by atoms with van der Waals surface area (Å²) in [6.07, 6.45) is 1.88. The molecule has 0 fully saturated rings. The maximum absolute atomic E-state index is 5.56. The fraction of sp³-hybridized carbons (Fsp3) is 0.381. The standard InChI is InChI=1S/C21H27N3O3.HI/c1-4-22-21(24-17-6-8-19(25-2)20(14-17)26-3)23-11-9-15-5-7-18-16(13-15)10-12-27-18;/h5-8,13-14H,4,9-12H2,1-3H3,(H2,22,23,24);1H. The molecule has 0 spiro atoms. The Balaban J connectivity index is 0.00000280. The van der Waals surface area contributed by atoms with Crippen molar-refractivity contribution < 1.29 is 14.2 Å². The topological polar surface area (TPSA) is 64.1 Å². The van der Waals surface area contributed by atoms with E-state index in [1.807, 2.05) is 25.1 Å². The van der Waals surface area contributed by atoms with E-state index in [2.05, 4.69) is 33.8 Å². The van der Waals surface area contributed by atoms with Gasteiger partial charge in [0.25, 0.3) is 0 Å². The molecule has 2 aromatic rings. The summed E-state index contributed by atoms with van der Waals surface area (Å²) < 4.78 is 16.2. The molecule has 0 radical (unpaired) electrons. The average molecular weight is 497 g/mol. The van der Waals surface area contributed by atoms with Gasteiger partial charge in [0.15, 0.2) is 17.5 Å². The molecule has 0 atom stereocenters. The first-order valence-corrected chi connectivity index (χ1v) is 9.25. The Hall–Kier alpha value is -2.16. The lowest BCUT2D eigenvalue weighted by Gasteiger charge is -2.14. The van der Waals surface area contributed by atoms with E-state index in [1.54, 1.807) is 14.2 Å². The molecular formula is C21H28IN3O3. The zero-order chi connectivity index (χ0) is 19.1. The van der Waals surface area contributed by atoms with Crippen LogP contribution in [0, 0.1) is 0 Å². The van der Waals surface area contributed by atoms with Crippen LogP contribution in [0.4, 0.5) is 5.69 Å². The maximum atomic E-state index is 5.56. The van der Waals surface area contributed by atoms with Gasteiger partial charge in [0.1, 0.15) is 5.75 Å². The minimum atomic E-state index is 0. The first-order valence-electron chi connectivity index (χ1n) is 9.25. The van der Waals surface area contributed by atoms with Crippen LogP contribution in [-0.2, 0) is 12.8 Å². The highest BCUT2D eigenvalue weighted by molar-refractivity contribution is 14.0. The summed E-state index contributed by atoms with van der Waals surface area (Å²) in [5.74, 6) is 3.14. The van der Waals surface area contributed by atoms with E-state index in [-0.39, 0.29) is 24.0 Å². The fourth-order valence-electron chi connectivity index (χ4n) is 3.05. The second-order valence-corrected chi connectivity index (χ2v) is 6.25. The van der Waals surface area contributed by atoms with Crippen LogP contribution in [0.2, 0.25) is 0 Å². The highest BCUT2D eigenvalue weighted by Gasteiger charge is 2.11. The maximum Gasteiger partial charge on any atom is 0.195 e. The molecule has 1 aliphatic heterocycles. The zero-order valence-electron chi connectivity index (χ0n) is 16.6. The number of hydrogen-bond acceptors (Lipinski definition) is 4. The van der Waals surface area contributed by atoms with E-state index in [0.29, 0.717) is 18.0 Å². The number of nitrogens with one attached hydrogen (secondary N) is 2. The SMILES string of the molecule is CCNC(=NCCc1ccc2c(c1)CCO2)Nc1ccc(OC)c(OC)c1.I. The zero-order valence-corrected chi connectivity index (χ0v) is 18.9. The summed E-state index contributed by atoms with van der Waals surface area (Å²) in [6, 6.07) is 12.1. The quantitative estimate of drug-likeness (QED) is 0.346. The third-order valence-corrected chi connectivity index (χ3v) is 4.41. The van der Waals surface area contributed by atoms with Crippen molar-refractivity contribution in [3.63, 3.8) is 0 Å². The van der Waals surface area contributed by atoms with Gasteiger partial charge in [-0.2, -0.15) is 0 Å². The summed E-state index contributed by atoms with van der Waals surface area (Å²) in [5, 5.41) is 6.59. The number of anilines is 1. The third kappa shape index (κ3) is 5.67. The van der Waals surface area contributed by atoms with Crippen LogP contribution in [0.1, 0.15) is 18.1 Å². The first-order chi connectivity index (χ1) is 13.2. The number of nitrogens with zero attached hydrogens (tertiary/aromatic N) is 1. The van der Waals surface area contributed by atoms with Crippen molar-refractivity contribution in [2.24, 2.45) is 4.99 Å². The van der Waals surface area contributed by atoms with Crippen molar-refractivity contribution in [3.8, 4) is 17.2 Å². The molecule has 6 nitrogen and oxygen atoms in total. The highest BCUT2D eigenvalue weighted by atomic mass is 127. The van der Waals surface area contributed by atoms with E-state index in [1.165, 1.54) is 11.1 Å². The highest BCUT2D eigenvalue weighted by Crippen LogP contribution is 2.29. The number of fused-ring (bicyclic) bond motifs is 1. The van der Waals surface area contributed by atoms with Crippen molar-refractivity contribution in [1.82, 2.24) is 5.32 Å². The molecule has 28 heavy (non-hydrogen) atoms. The average Bonchev–Trinajstić information content (AvgIpc) is 3.16. The van der Waals surface area contributed by atoms with Gasteiger partial charge in [0.05, 0.1) is 20.8 Å². The van der Waals surface area contributed by atoms with E-state index in [9.17, 15) is 0 Å². The molecule has 0 saturated carbocycles. The van der Waals surface area contributed by atoms with Crippen molar-refractivity contribution in [3.05, 3.63) is 47.5 Å². The van der Waals surface area contributed by atoms with Crippen molar-refractivity contribution in [2.45, 2.75) is 19.8 Å². The van der Waals surface area contributed by atoms with E-state index in [0.717, 1.165) is 43.4 Å². The molecule has 0 saturated heterocycles. The summed E-state index contributed by atoms with van der Waals surface area (Å²) >= 11 is 0. The van der Waals surface area contributed by atoms with Crippen molar-refractivity contribution in [1.29, 1.82) is 0 Å². The lowest BCUT2D eigenvalue weighted by atomic mass is 10.1. The molecule has 152 valence electrons. The minimum Gasteiger partial charge on any atom is -0.493 e. The second-order valence-electron chi connectivity index (χ2n) is 6.25. The lowest BCUT2D eigenvalue weighted by molar-refractivity contribution is 0.355. The molecule has 0 amide bonds. The van der Waals surface area contributed by atoms with Gasteiger partial charge in [-0.3, -0.25) is 4.99 Å². The largest absolute Gasteiger partial charge is 0.493 e. The number of benzene rings is 2. The van der Waals surface area contributed by atoms with Crippen LogP contribution in [0.3, 0.4) is 0 Å². The predicted octanol–water partition coefficient (Wildman–Crippen LogP) is 3.88. The molecule has 3 rings (SSSR count). The number of rotatable bonds is 7. The van der Waals surface area contributed by atoms with E-state index in [4.69, 9.17) is 14.2 Å². The molecule has 0 unspecified atom stereocenters. The summed E-state index contributed by atoms with van der Waals surface area (Å²) in [5.41, 5.74) is 3.47. The number of methoxy groups -OCH3 is 2. The van der Waals surface area contributed by atoms with Gasteiger partial charge in [-0.1, -0.05) is 12.1 Å². The number of halogens is 1. The molecular weight excluding hydrogens is 469 g/mol. The molecule has 0 bridgehead atoms. The minimum absolute atomic E-state index is 0. The van der Waals surface area contributed by atoms with Crippen LogP contribution < -0.4 is 24.8 Å². The van der Waals surface area contributed by atoms with Crippen LogP contribution >= 0.6 is 24.0 Å². The molecule has 1 heterocycles. The summed E-state index contributed by atoms with van der Waals surface area (Å²) in [7, 11) is 3.25. The molecule has 0 aliphatic carbocycles. The third-order valence-electron chi connectivity index (χ3n) is 4.41. The molecule has 0 aromatic heterocycles. The van der Waals surface area contributed by atoms with Gasteiger partial charge in [-0.25, -0.2) is 0 Å². The van der Waals surface area contributed by atoms with E-state index >= 15 is 0 Å². The van der Waals surface area contributed by atoms with Crippen LogP contribution in [0.15, 0.2) is 41.4 Å². The summed E-state index contributed by atoms with van der Waals surface area (Å²) in [6.45, 7) is 4.32. The smallest absolute Gasteiger partial charge is 0.195 e. The van der Waals surface area contributed by atoms with Crippen LogP contribution in [-0.4, -0.2) is 39.9 Å². The Kier molecular flexibility index (Phi) is 8.69. The van der Waals surface area contributed by atoms with Gasteiger partial charge in [-0.05, 0) is 42.7 Å². The Labute approximate surface area is 183 Å². The lowest BCUT2D eigenvalue weighted by Crippen LogP contribution is -2.30. The number of guanidine groups is 1. The van der Waals surface area contributed by atoms with Gasteiger partial charge in [0.2, 0.25) is 0 Å². The van der Waals surface area contributed by atoms with Crippen molar-refractivity contribution in [2.75, 3.05) is 39.2 Å². The van der Waals surface area contributed by atoms with Crippen LogP contribution in [0.25, 0.3) is 0 Å². The number of ether oxygens (including phenoxy) is 3. The molecule has 7 heteroatoms. The molecule has 2 N–H and O–H groups in total. The fourth-order valence-corrected chi connectivity index (χ4v) is 3.05. The number of hydrogen-bond donors (Lipinski definition) is 2. The van der Waals surface area contributed by atoms with Crippen LogP contribution in [0.5, 0.6) is 17.2 Å². The molecule has 2 aromatic carbocycles. The second kappa shape index (κ2) is 11.0. The Morgan fingerprint density at radius 3 is 2.68 bits per heavy atom. The van der Waals surface area contributed by atoms with Crippen molar-refractivity contribution >= 4 is 35.6 Å². The van der Waals surface area contributed by atoms with Gasteiger partial charge < -0.3 is 24.8 Å². The Morgan fingerprint density at radius 2 is 1.93 bits per heavy atom. The summed E-state index contributed by atoms with van der Waals surface area (Å²) in [4.78, 5) is 4.69. The van der Waals surface area contributed by atoms with Gasteiger partial charge >= 0.3 is 0 Å². The first kappa shape index (κ1) is 22.1. The van der Waals surface area contributed by atoms with Gasteiger partial charge in [-0.15, -0.1) is 24.0 Å². The Morgan fingerprint density at radius 1 is 1.11 bits per heavy atom. The number of aliphatic imine (C=N–C) groups is 1. The predicted molar refractivity (Wildman–Crippen MR) is 124 cm³/mol. The van der Waals surface area contributed by atoms with Gasteiger partial charge in [0, 0.05) is 31.3 Å². The Bertz CT molecular complexity index is 811. The molecule has 1 aliphatic rings. The van der Waals surface area contributed by atoms with E-state index < -0.39 is 0 Å². The normalized spacial score (nSPS) is 12.5.